The van der Waals surface area contributed by atoms with Gasteiger partial charge in [0.2, 0.25) is 0 Å². The molecule has 0 saturated heterocycles. The summed E-state index contributed by atoms with van der Waals surface area (Å²) in [4.78, 5) is 24.3. The highest BCUT2D eigenvalue weighted by Crippen LogP contribution is 2.68. The Morgan fingerprint density at radius 3 is 2.42 bits per heavy atom. The third kappa shape index (κ3) is 4.05. The van der Waals surface area contributed by atoms with Crippen LogP contribution in [0.1, 0.15) is 72.1 Å². The first-order valence-electron chi connectivity index (χ1n) is 11.9. The number of carbonyl (C=O) groups excluding carboxylic acids is 2. The maximum atomic E-state index is 12.9. The van der Waals surface area contributed by atoms with Crippen molar-refractivity contribution in [3.05, 3.63) is 0 Å². The molecule has 3 N–H and O–H groups in total. The lowest BCUT2D eigenvalue weighted by atomic mass is 9.43. The van der Waals surface area contributed by atoms with Crippen LogP contribution >= 0.6 is 0 Å². The molecular formula is C23H36O9S. The minimum absolute atomic E-state index is 0.00884. The van der Waals surface area contributed by atoms with Gasteiger partial charge in [-0.25, -0.2) is 4.18 Å². The molecule has 33 heavy (non-hydrogen) atoms. The molecule has 0 unspecified atom stereocenters. The molecule has 0 aromatic heterocycles. The van der Waals surface area contributed by atoms with Crippen LogP contribution in [0.2, 0.25) is 0 Å². The van der Waals surface area contributed by atoms with Crippen LogP contribution in [0.5, 0.6) is 0 Å². The lowest BCUT2D eigenvalue weighted by Crippen LogP contribution is -2.63. The highest BCUT2D eigenvalue weighted by molar-refractivity contribution is 7.80. The molecule has 0 spiro atoms. The maximum Gasteiger partial charge on any atom is 0.397 e. The van der Waals surface area contributed by atoms with Gasteiger partial charge in [0.1, 0.15) is 18.3 Å². The predicted octanol–water partition coefficient (Wildman–Crippen LogP) is 2.05. The van der Waals surface area contributed by atoms with Crippen molar-refractivity contribution >= 4 is 22.2 Å². The Morgan fingerprint density at radius 2 is 1.79 bits per heavy atom. The van der Waals surface area contributed by atoms with Gasteiger partial charge in [0, 0.05) is 12.3 Å². The number of ketones is 1. The monoisotopic (exact) mass is 488 g/mol. The van der Waals surface area contributed by atoms with Crippen LogP contribution in [0.15, 0.2) is 0 Å². The van der Waals surface area contributed by atoms with Crippen molar-refractivity contribution in [2.45, 2.75) is 89.9 Å². The Morgan fingerprint density at radius 1 is 1.09 bits per heavy atom. The third-order valence-electron chi connectivity index (χ3n) is 9.83. The van der Waals surface area contributed by atoms with Gasteiger partial charge in [0.05, 0.1) is 6.10 Å². The molecule has 9 atom stereocenters. The van der Waals surface area contributed by atoms with E-state index in [4.69, 9.17) is 9.29 Å². The van der Waals surface area contributed by atoms with Crippen LogP contribution in [-0.4, -0.2) is 59.4 Å². The van der Waals surface area contributed by atoms with Crippen LogP contribution < -0.4 is 0 Å². The first-order valence-corrected chi connectivity index (χ1v) is 13.3. The maximum absolute atomic E-state index is 12.9. The highest BCUT2D eigenvalue weighted by Gasteiger charge is 2.68. The van der Waals surface area contributed by atoms with Crippen molar-refractivity contribution in [3.8, 4) is 0 Å². The summed E-state index contributed by atoms with van der Waals surface area (Å²) in [5.74, 6) is -0.541. The van der Waals surface area contributed by atoms with Crippen molar-refractivity contribution in [2.75, 3.05) is 6.61 Å². The molecule has 0 radical (unpaired) electrons. The van der Waals surface area contributed by atoms with Crippen molar-refractivity contribution in [1.82, 2.24) is 0 Å². The fraction of sp³-hybridized carbons (Fsp3) is 0.913. The molecule has 9 nitrogen and oxygen atoms in total. The molecule has 4 aliphatic carbocycles. The van der Waals surface area contributed by atoms with E-state index in [1.807, 2.05) is 6.92 Å². The average molecular weight is 489 g/mol. The molecule has 4 aliphatic rings. The molecule has 4 saturated carbocycles. The van der Waals surface area contributed by atoms with Gasteiger partial charge in [-0.05, 0) is 80.5 Å². The number of hydrogen-bond donors (Lipinski definition) is 3. The predicted molar refractivity (Wildman–Crippen MR) is 116 cm³/mol. The summed E-state index contributed by atoms with van der Waals surface area (Å²) in [5.41, 5.74) is -2.84. The second-order valence-electron chi connectivity index (χ2n) is 11.3. The lowest BCUT2D eigenvalue weighted by molar-refractivity contribution is -0.204. The van der Waals surface area contributed by atoms with Crippen molar-refractivity contribution in [1.29, 1.82) is 0 Å². The molecule has 0 aromatic carbocycles. The number of ether oxygens (including phenoxy) is 1. The second-order valence-corrected chi connectivity index (χ2v) is 12.4. The van der Waals surface area contributed by atoms with Crippen molar-refractivity contribution in [3.63, 3.8) is 0 Å². The zero-order valence-electron chi connectivity index (χ0n) is 19.5. The minimum Gasteiger partial charge on any atom is -0.463 e. The topological polar surface area (TPSA) is 147 Å². The normalized spacial score (nSPS) is 47.2. The molecule has 0 aliphatic heterocycles. The molecule has 4 fully saturated rings. The summed E-state index contributed by atoms with van der Waals surface area (Å²) in [6.07, 6.45) is 4.43. The van der Waals surface area contributed by atoms with Crippen LogP contribution in [0.3, 0.4) is 0 Å². The Balaban J connectivity index is 1.57. The molecule has 188 valence electrons. The van der Waals surface area contributed by atoms with Crippen LogP contribution in [-0.2, 0) is 28.9 Å². The summed E-state index contributed by atoms with van der Waals surface area (Å²) in [7, 11) is -4.80. The fourth-order valence-electron chi connectivity index (χ4n) is 8.40. The largest absolute Gasteiger partial charge is 0.463 e. The number of esters is 1. The van der Waals surface area contributed by atoms with Crippen molar-refractivity contribution < 1.29 is 41.7 Å². The summed E-state index contributed by atoms with van der Waals surface area (Å²) in [6, 6.07) is 0. The van der Waals surface area contributed by atoms with E-state index in [9.17, 15) is 28.2 Å². The van der Waals surface area contributed by atoms with Gasteiger partial charge in [0.25, 0.3) is 0 Å². The van der Waals surface area contributed by atoms with Gasteiger partial charge < -0.3 is 14.9 Å². The number of hydrogen-bond acceptors (Lipinski definition) is 8. The standard InChI is InChI=1S/C23H36O9S/c1-13(24)32-15-6-8-21(2)14(10-15)4-5-16-17-7-9-23(27,19(26)12-31-33(28,29)30)22(17,3)11-18(25)20(16)21/h14-18,20,25,27H,4-12H2,1-3H3,(H,28,29,30)/t14-,15+,16-,17-,18-,20+,21-,22-,23-/m0/s1. The second kappa shape index (κ2) is 8.26. The molecule has 10 heteroatoms. The van der Waals surface area contributed by atoms with Gasteiger partial charge in [-0.15, -0.1) is 0 Å². The number of carbonyl (C=O) groups is 2. The first kappa shape index (κ1) is 25.0. The molecule has 0 amide bonds. The smallest absolute Gasteiger partial charge is 0.397 e. The van der Waals surface area contributed by atoms with Gasteiger partial charge >= 0.3 is 16.4 Å². The van der Waals surface area contributed by atoms with Crippen LogP contribution in [0.25, 0.3) is 0 Å². The number of rotatable bonds is 5. The minimum atomic E-state index is -4.80. The van der Waals surface area contributed by atoms with E-state index < -0.39 is 39.9 Å². The summed E-state index contributed by atoms with van der Waals surface area (Å²) in [5, 5.41) is 22.9. The van der Waals surface area contributed by atoms with Gasteiger partial charge in [-0.2, -0.15) is 8.42 Å². The van der Waals surface area contributed by atoms with Gasteiger partial charge in [-0.1, -0.05) is 13.8 Å². The average Bonchev–Trinajstić information content (AvgIpc) is 2.96. The Bertz CT molecular complexity index is 919. The third-order valence-corrected chi connectivity index (χ3v) is 10.2. The molecular weight excluding hydrogens is 452 g/mol. The lowest BCUT2D eigenvalue weighted by Gasteiger charge is -2.62. The van der Waals surface area contributed by atoms with E-state index in [1.54, 1.807) is 0 Å². The zero-order chi connectivity index (χ0) is 24.4. The molecule has 0 aromatic rings. The van der Waals surface area contributed by atoms with Gasteiger partial charge in [0.15, 0.2) is 5.78 Å². The van der Waals surface area contributed by atoms with Crippen molar-refractivity contribution in [2.24, 2.45) is 34.5 Å². The zero-order valence-corrected chi connectivity index (χ0v) is 20.3. The van der Waals surface area contributed by atoms with E-state index >= 15 is 0 Å². The molecule has 0 bridgehead atoms. The number of Topliss-reactive ketones (excluding diaryl/α,β-unsaturated/α-hetero) is 1. The summed E-state index contributed by atoms with van der Waals surface area (Å²) in [6.45, 7) is 4.55. The summed E-state index contributed by atoms with van der Waals surface area (Å²) < 4.78 is 40.5. The summed E-state index contributed by atoms with van der Waals surface area (Å²) >= 11 is 0. The van der Waals surface area contributed by atoms with E-state index in [2.05, 4.69) is 11.1 Å². The highest BCUT2D eigenvalue weighted by atomic mass is 32.3. The fourth-order valence-corrected chi connectivity index (χ4v) is 8.65. The number of fused-ring (bicyclic) bond motifs is 5. The van der Waals surface area contributed by atoms with E-state index in [0.29, 0.717) is 12.3 Å². The first-order chi connectivity index (χ1) is 15.2. The van der Waals surface area contributed by atoms with Gasteiger partial charge in [-0.3, -0.25) is 14.1 Å². The SMILES string of the molecule is CC(=O)O[C@@H]1CC[C@@]2(C)[C@@H](CC[C@@H]3[C@@H]2[C@@H](O)C[C@@]2(C)[C@H]3CC[C@]2(O)C(=O)COS(=O)(=O)O)C1. The quantitative estimate of drug-likeness (QED) is 0.390. The molecule has 0 heterocycles. The molecule has 4 rings (SSSR count). The van der Waals surface area contributed by atoms with Crippen LogP contribution in [0.4, 0.5) is 0 Å². The Kier molecular flexibility index (Phi) is 6.26. The number of aliphatic hydroxyl groups excluding tert-OH is 1. The van der Waals surface area contributed by atoms with E-state index in [-0.39, 0.29) is 48.1 Å². The van der Waals surface area contributed by atoms with Crippen LogP contribution in [0, 0.1) is 34.5 Å². The number of aliphatic hydroxyl groups is 2. The Hall–Kier alpha value is -1.07. The Labute approximate surface area is 195 Å². The van der Waals surface area contributed by atoms with E-state index in [0.717, 1.165) is 32.1 Å². The van der Waals surface area contributed by atoms with E-state index in [1.165, 1.54) is 6.92 Å².